The van der Waals surface area contributed by atoms with Crippen LogP contribution in [0.25, 0.3) is 0 Å². The Bertz CT molecular complexity index is 895. The fourth-order valence-electron chi connectivity index (χ4n) is 3.97. The summed E-state index contributed by atoms with van der Waals surface area (Å²) in [6.07, 6.45) is 2.86. The maximum Gasteiger partial charge on any atom is 0.337 e. The first-order valence-corrected chi connectivity index (χ1v) is 9.40. The summed E-state index contributed by atoms with van der Waals surface area (Å²) in [6, 6.07) is 13.8. The lowest BCUT2D eigenvalue weighted by molar-refractivity contribution is 0.0478. The smallest absolute Gasteiger partial charge is 0.337 e. The van der Waals surface area contributed by atoms with E-state index >= 15 is 0 Å². The van der Waals surface area contributed by atoms with E-state index in [0.29, 0.717) is 35.3 Å². The minimum atomic E-state index is -0.403. The van der Waals surface area contributed by atoms with Crippen LogP contribution in [-0.4, -0.2) is 41.9 Å². The van der Waals surface area contributed by atoms with Gasteiger partial charge in [-0.3, -0.25) is 14.5 Å². The molecule has 0 radical (unpaired) electrons. The zero-order valence-electron chi connectivity index (χ0n) is 15.6. The molecule has 4 rings (SSSR count). The van der Waals surface area contributed by atoms with Crippen molar-refractivity contribution in [1.82, 2.24) is 4.90 Å². The van der Waals surface area contributed by atoms with Gasteiger partial charge < -0.3 is 9.47 Å². The molecule has 0 spiro atoms. The van der Waals surface area contributed by atoms with Gasteiger partial charge in [0.1, 0.15) is 5.75 Å². The van der Waals surface area contributed by atoms with Gasteiger partial charge in [0.25, 0.3) is 11.8 Å². The van der Waals surface area contributed by atoms with Crippen LogP contribution in [0.4, 0.5) is 0 Å². The minimum absolute atomic E-state index is 0.0145. The monoisotopic (exact) mass is 379 g/mol. The Morgan fingerprint density at radius 2 is 1.57 bits per heavy atom. The molecular formula is C22H21NO5. The third-order valence-electron chi connectivity index (χ3n) is 5.39. The van der Waals surface area contributed by atoms with Crippen molar-refractivity contribution in [2.75, 3.05) is 7.11 Å². The lowest BCUT2D eigenvalue weighted by atomic mass is 9.91. The van der Waals surface area contributed by atoms with Gasteiger partial charge >= 0.3 is 5.97 Å². The first kappa shape index (κ1) is 18.2. The third-order valence-corrected chi connectivity index (χ3v) is 5.39. The zero-order valence-corrected chi connectivity index (χ0v) is 15.6. The van der Waals surface area contributed by atoms with E-state index in [1.807, 2.05) is 6.07 Å². The molecular weight excluding hydrogens is 358 g/mol. The first-order chi connectivity index (χ1) is 13.6. The number of carbonyl (C=O) groups is 3. The SMILES string of the molecule is COC(=O)c1cccc(OC2CCC(N3C(=O)c4ccccc4C3=O)CC2)c1. The number of fused-ring (bicyclic) bond motifs is 1. The van der Waals surface area contributed by atoms with Crippen molar-refractivity contribution >= 4 is 17.8 Å². The number of esters is 1. The largest absolute Gasteiger partial charge is 0.490 e. The Hall–Kier alpha value is -3.15. The number of nitrogens with zero attached hydrogens (tertiary/aromatic N) is 1. The Morgan fingerprint density at radius 1 is 0.929 bits per heavy atom. The third kappa shape index (κ3) is 3.26. The second kappa shape index (κ2) is 7.46. The molecule has 6 heteroatoms. The molecule has 0 N–H and O–H groups in total. The molecule has 0 atom stereocenters. The molecule has 2 aromatic rings. The van der Waals surface area contributed by atoms with E-state index in [1.165, 1.54) is 12.0 Å². The Kier molecular flexibility index (Phi) is 4.86. The summed E-state index contributed by atoms with van der Waals surface area (Å²) in [6.45, 7) is 0. The summed E-state index contributed by atoms with van der Waals surface area (Å²) in [7, 11) is 1.34. The van der Waals surface area contributed by atoms with Crippen LogP contribution in [0.5, 0.6) is 5.75 Å². The number of hydrogen-bond acceptors (Lipinski definition) is 5. The van der Waals surface area contributed by atoms with Crippen LogP contribution in [0.2, 0.25) is 0 Å². The van der Waals surface area contributed by atoms with Crippen molar-refractivity contribution in [2.24, 2.45) is 0 Å². The average Bonchev–Trinajstić information content (AvgIpc) is 2.99. The van der Waals surface area contributed by atoms with Gasteiger partial charge in [0.15, 0.2) is 0 Å². The Labute approximate surface area is 163 Å². The number of rotatable bonds is 4. The highest BCUT2D eigenvalue weighted by Gasteiger charge is 2.41. The topological polar surface area (TPSA) is 72.9 Å². The molecule has 6 nitrogen and oxygen atoms in total. The molecule has 2 amide bonds. The fraction of sp³-hybridized carbons (Fsp3) is 0.318. The predicted molar refractivity (Wildman–Crippen MR) is 101 cm³/mol. The van der Waals surface area contributed by atoms with Gasteiger partial charge in [-0.05, 0) is 56.0 Å². The molecule has 1 heterocycles. The second-order valence-electron chi connectivity index (χ2n) is 7.09. The van der Waals surface area contributed by atoms with Crippen molar-refractivity contribution in [3.05, 3.63) is 65.2 Å². The quantitative estimate of drug-likeness (QED) is 0.601. The van der Waals surface area contributed by atoms with Gasteiger partial charge in [-0.15, -0.1) is 0 Å². The number of ether oxygens (including phenoxy) is 2. The number of benzene rings is 2. The maximum atomic E-state index is 12.6. The highest BCUT2D eigenvalue weighted by atomic mass is 16.5. The van der Waals surface area contributed by atoms with Crippen LogP contribution in [0.15, 0.2) is 48.5 Å². The van der Waals surface area contributed by atoms with Gasteiger partial charge in [-0.2, -0.15) is 0 Å². The van der Waals surface area contributed by atoms with E-state index in [1.54, 1.807) is 42.5 Å². The lowest BCUT2D eigenvalue weighted by Crippen LogP contribution is -2.43. The Balaban J connectivity index is 1.39. The van der Waals surface area contributed by atoms with Crippen molar-refractivity contribution in [3.63, 3.8) is 0 Å². The fourth-order valence-corrected chi connectivity index (χ4v) is 3.97. The van der Waals surface area contributed by atoms with E-state index in [4.69, 9.17) is 9.47 Å². The van der Waals surface area contributed by atoms with Gasteiger partial charge in [0, 0.05) is 6.04 Å². The summed E-state index contributed by atoms with van der Waals surface area (Å²) >= 11 is 0. The number of methoxy groups -OCH3 is 1. The van der Waals surface area contributed by atoms with Crippen LogP contribution in [0, 0.1) is 0 Å². The number of imide groups is 1. The van der Waals surface area contributed by atoms with Gasteiger partial charge in [0.2, 0.25) is 0 Å². The molecule has 0 saturated heterocycles. The normalized spacial score (nSPS) is 21.4. The average molecular weight is 379 g/mol. The summed E-state index contributed by atoms with van der Waals surface area (Å²) < 4.78 is 10.8. The number of hydrogen-bond donors (Lipinski definition) is 0. The van der Waals surface area contributed by atoms with E-state index in [0.717, 1.165) is 12.8 Å². The number of amides is 2. The van der Waals surface area contributed by atoms with Crippen molar-refractivity contribution < 1.29 is 23.9 Å². The first-order valence-electron chi connectivity index (χ1n) is 9.40. The molecule has 144 valence electrons. The molecule has 1 aliphatic carbocycles. The van der Waals surface area contributed by atoms with E-state index in [9.17, 15) is 14.4 Å². The molecule has 0 aromatic heterocycles. The van der Waals surface area contributed by atoms with Crippen molar-refractivity contribution in [1.29, 1.82) is 0 Å². The second-order valence-corrected chi connectivity index (χ2v) is 7.09. The lowest BCUT2D eigenvalue weighted by Gasteiger charge is -2.33. The minimum Gasteiger partial charge on any atom is -0.490 e. The number of carbonyl (C=O) groups excluding carboxylic acids is 3. The van der Waals surface area contributed by atoms with Crippen LogP contribution in [0.3, 0.4) is 0 Å². The van der Waals surface area contributed by atoms with Gasteiger partial charge in [-0.1, -0.05) is 18.2 Å². The molecule has 28 heavy (non-hydrogen) atoms. The Morgan fingerprint density at radius 3 is 2.18 bits per heavy atom. The molecule has 2 aromatic carbocycles. The molecule has 1 saturated carbocycles. The van der Waals surface area contributed by atoms with Crippen LogP contribution in [-0.2, 0) is 4.74 Å². The van der Waals surface area contributed by atoms with Crippen molar-refractivity contribution in [3.8, 4) is 5.75 Å². The maximum absolute atomic E-state index is 12.6. The van der Waals surface area contributed by atoms with E-state index < -0.39 is 5.97 Å². The summed E-state index contributed by atoms with van der Waals surface area (Å²) in [5.41, 5.74) is 1.43. The zero-order chi connectivity index (χ0) is 19.7. The molecule has 1 fully saturated rings. The summed E-state index contributed by atoms with van der Waals surface area (Å²) in [5.74, 6) is -0.182. The van der Waals surface area contributed by atoms with E-state index in [-0.39, 0.29) is 24.0 Å². The van der Waals surface area contributed by atoms with Crippen LogP contribution >= 0.6 is 0 Å². The van der Waals surface area contributed by atoms with E-state index in [2.05, 4.69) is 0 Å². The highest BCUT2D eigenvalue weighted by molar-refractivity contribution is 6.21. The summed E-state index contributed by atoms with van der Waals surface area (Å²) in [5, 5.41) is 0. The predicted octanol–water partition coefficient (Wildman–Crippen LogP) is 3.46. The van der Waals surface area contributed by atoms with Gasteiger partial charge in [0.05, 0.1) is 29.9 Å². The molecule has 2 aliphatic rings. The highest BCUT2D eigenvalue weighted by Crippen LogP contribution is 2.32. The molecule has 0 bridgehead atoms. The molecule has 0 unspecified atom stereocenters. The summed E-state index contributed by atoms with van der Waals surface area (Å²) in [4.78, 5) is 38.3. The van der Waals surface area contributed by atoms with Crippen LogP contribution in [0.1, 0.15) is 56.8 Å². The van der Waals surface area contributed by atoms with Gasteiger partial charge in [-0.25, -0.2) is 4.79 Å². The van der Waals surface area contributed by atoms with Crippen LogP contribution < -0.4 is 4.74 Å². The molecule has 1 aliphatic heterocycles. The van der Waals surface area contributed by atoms with Crippen molar-refractivity contribution in [2.45, 2.75) is 37.8 Å². The standard InChI is InChI=1S/C22H21NO5/c1-27-22(26)14-5-4-6-17(13-14)28-16-11-9-15(10-12-16)23-20(24)18-7-2-3-8-19(18)21(23)25/h2-8,13,15-16H,9-12H2,1H3.